The highest BCUT2D eigenvalue weighted by atomic mass is 35.5. The summed E-state index contributed by atoms with van der Waals surface area (Å²) in [6.45, 7) is 10.2. The van der Waals surface area contributed by atoms with Crippen molar-refractivity contribution >= 4 is 11.6 Å². The van der Waals surface area contributed by atoms with Crippen LogP contribution in [0.25, 0.3) is 0 Å². The largest absolute Gasteiger partial charge is 0.493 e. The highest BCUT2D eigenvalue weighted by molar-refractivity contribution is 6.33. The molecule has 1 N–H and O–H groups in total. The molecule has 2 aliphatic rings. The van der Waals surface area contributed by atoms with Crippen molar-refractivity contribution in [3.63, 3.8) is 0 Å². The van der Waals surface area contributed by atoms with Crippen LogP contribution in [-0.4, -0.2) is 54.6 Å². The molecule has 2 aliphatic heterocycles. The van der Waals surface area contributed by atoms with Crippen LogP contribution in [-0.2, 0) is 11.2 Å². The van der Waals surface area contributed by atoms with Crippen molar-refractivity contribution in [2.45, 2.75) is 64.4 Å². The predicted octanol–water partition coefficient (Wildman–Crippen LogP) is 3.59. The summed E-state index contributed by atoms with van der Waals surface area (Å²) in [5.41, 5.74) is 1.97. The molecule has 0 unspecified atom stereocenters. The number of halogens is 1. The van der Waals surface area contributed by atoms with Gasteiger partial charge in [-0.25, -0.2) is 0 Å². The van der Waals surface area contributed by atoms with Crippen LogP contribution in [0.5, 0.6) is 11.5 Å². The molecule has 0 bridgehead atoms. The Morgan fingerprint density at radius 1 is 1.35 bits per heavy atom. The van der Waals surface area contributed by atoms with Crippen molar-refractivity contribution < 1.29 is 19.3 Å². The standard InChI is InChI=1S/C20H30ClNO4/c1-6-25-19-16(24-5)9-13-12(18(19)21)7-8-22-11-17(26-20(2,3)4)15(23)10-14(13)22/h9,14-15,17,23H,6-8,10-11H2,1-5H3/t14-,15-,17-/m1/s1. The van der Waals surface area contributed by atoms with Gasteiger partial charge in [-0.1, -0.05) is 11.6 Å². The Labute approximate surface area is 161 Å². The van der Waals surface area contributed by atoms with Crippen molar-refractivity contribution in [3.8, 4) is 11.5 Å². The highest BCUT2D eigenvalue weighted by Crippen LogP contribution is 2.47. The molecule has 0 amide bonds. The van der Waals surface area contributed by atoms with Crippen LogP contribution in [0, 0.1) is 0 Å². The van der Waals surface area contributed by atoms with Crippen molar-refractivity contribution in [3.05, 3.63) is 22.2 Å². The van der Waals surface area contributed by atoms with Gasteiger partial charge in [0.05, 0.1) is 36.5 Å². The van der Waals surface area contributed by atoms with Crippen molar-refractivity contribution in [1.29, 1.82) is 0 Å². The zero-order valence-electron chi connectivity index (χ0n) is 16.3. The molecule has 0 radical (unpaired) electrons. The number of nitrogens with zero attached hydrogens (tertiary/aromatic N) is 1. The Balaban J connectivity index is 1.91. The molecule has 0 saturated carbocycles. The predicted molar refractivity (Wildman–Crippen MR) is 102 cm³/mol. The lowest BCUT2D eigenvalue weighted by atomic mass is 9.84. The third-order valence-electron chi connectivity index (χ3n) is 5.09. The molecule has 0 aliphatic carbocycles. The Hall–Kier alpha value is -1.01. The lowest BCUT2D eigenvalue weighted by Gasteiger charge is -2.47. The van der Waals surface area contributed by atoms with Gasteiger partial charge in [0.15, 0.2) is 11.5 Å². The van der Waals surface area contributed by atoms with Gasteiger partial charge in [-0.05, 0) is 57.7 Å². The fourth-order valence-electron chi connectivity index (χ4n) is 4.05. The minimum absolute atomic E-state index is 0.121. The summed E-state index contributed by atoms with van der Waals surface area (Å²) >= 11 is 6.66. The van der Waals surface area contributed by atoms with E-state index in [2.05, 4.69) is 4.90 Å². The normalized spacial score (nSPS) is 26.2. The number of hydrogen-bond donors (Lipinski definition) is 1. The molecule has 0 aromatic heterocycles. The van der Waals surface area contributed by atoms with Crippen LogP contribution in [0.15, 0.2) is 6.07 Å². The minimum atomic E-state index is -0.502. The molecule has 1 saturated heterocycles. The molecule has 0 spiro atoms. The molecular weight excluding hydrogens is 354 g/mol. The van der Waals surface area contributed by atoms with E-state index in [1.807, 2.05) is 33.8 Å². The first-order valence-electron chi connectivity index (χ1n) is 9.37. The molecule has 6 heteroatoms. The number of benzene rings is 1. The number of fused-ring (bicyclic) bond motifs is 3. The van der Waals surface area contributed by atoms with E-state index >= 15 is 0 Å². The number of rotatable bonds is 4. The minimum Gasteiger partial charge on any atom is -0.493 e. The van der Waals surface area contributed by atoms with E-state index < -0.39 is 6.10 Å². The fourth-order valence-corrected chi connectivity index (χ4v) is 4.40. The smallest absolute Gasteiger partial charge is 0.180 e. The number of aliphatic hydroxyl groups excluding tert-OH is 1. The van der Waals surface area contributed by atoms with Crippen LogP contribution in [0.1, 0.15) is 51.3 Å². The number of piperidine rings is 1. The van der Waals surface area contributed by atoms with E-state index in [4.69, 9.17) is 25.8 Å². The summed E-state index contributed by atoms with van der Waals surface area (Å²) in [6, 6.07) is 2.15. The molecule has 26 heavy (non-hydrogen) atoms. The second kappa shape index (κ2) is 7.55. The maximum absolute atomic E-state index is 10.7. The fraction of sp³-hybridized carbons (Fsp3) is 0.700. The molecule has 1 aromatic rings. The lowest BCUT2D eigenvalue weighted by molar-refractivity contribution is -0.149. The van der Waals surface area contributed by atoms with Gasteiger partial charge in [0, 0.05) is 19.1 Å². The van der Waals surface area contributed by atoms with Gasteiger partial charge in [-0.3, -0.25) is 4.90 Å². The molecule has 3 atom stereocenters. The Bertz CT molecular complexity index is 658. The third-order valence-corrected chi connectivity index (χ3v) is 5.49. The summed E-state index contributed by atoms with van der Waals surface area (Å²) in [5, 5.41) is 11.3. The van der Waals surface area contributed by atoms with Crippen LogP contribution in [0.4, 0.5) is 0 Å². The topological polar surface area (TPSA) is 51.2 Å². The van der Waals surface area contributed by atoms with Crippen LogP contribution in [0.3, 0.4) is 0 Å². The first kappa shape index (κ1) is 19.7. The summed E-state index contributed by atoms with van der Waals surface area (Å²) in [4.78, 5) is 2.39. The maximum Gasteiger partial charge on any atom is 0.180 e. The number of methoxy groups -OCH3 is 1. The zero-order chi connectivity index (χ0) is 19.1. The van der Waals surface area contributed by atoms with Gasteiger partial charge >= 0.3 is 0 Å². The van der Waals surface area contributed by atoms with E-state index in [9.17, 15) is 5.11 Å². The van der Waals surface area contributed by atoms with E-state index in [0.29, 0.717) is 29.5 Å². The van der Waals surface area contributed by atoms with E-state index in [0.717, 1.165) is 30.6 Å². The SMILES string of the molecule is CCOc1c(OC)cc2c(c1Cl)CCN1C[C@@H](OC(C)(C)C)[C@H](O)C[C@H]21. The van der Waals surface area contributed by atoms with Crippen LogP contribution in [0.2, 0.25) is 5.02 Å². The summed E-state index contributed by atoms with van der Waals surface area (Å²) in [7, 11) is 1.63. The van der Waals surface area contributed by atoms with Gasteiger partial charge in [-0.15, -0.1) is 0 Å². The first-order valence-corrected chi connectivity index (χ1v) is 9.75. The molecule has 5 nitrogen and oxygen atoms in total. The quantitative estimate of drug-likeness (QED) is 0.860. The van der Waals surface area contributed by atoms with Gasteiger partial charge in [0.1, 0.15) is 0 Å². The monoisotopic (exact) mass is 383 g/mol. The average molecular weight is 384 g/mol. The van der Waals surface area contributed by atoms with Crippen molar-refractivity contribution in [2.75, 3.05) is 26.8 Å². The van der Waals surface area contributed by atoms with E-state index in [1.165, 1.54) is 0 Å². The molecule has 146 valence electrons. The third kappa shape index (κ3) is 3.81. The van der Waals surface area contributed by atoms with E-state index in [-0.39, 0.29) is 17.7 Å². The van der Waals surface area contributed by atoms with Gasteiger partial charge in [0.2, 0.25) is 0 Å². The zero-order valence-corrected chi connectivity index (χ0v) is 17.1. The summed E-state index contributed by atoms with van der Waals surface area (Å²) < 4.78 is 17.3. The number of aliphatic hydroxyl groups is 1. The molecule has 1 aromatic carbocycles. The second-order valence-electron chi connectivity index (χ2n) is 8.06. The molecule has 1 fully saturated rings. The van der Waals surface area contributed by atoms with Gasteiger partial charge in [0.25, 0.3) is 0 Å². The van der Waals surface area contributed by atoms with Crippen LogP contribution < -0.4 is 9.47 Å². The van der Waals surface area contributed by atoms with Crippen molar-refractivity contribution in [2.24, 2.45) is 0 Å². The van der Waals surface area contributed by atoms with Crippen molar-refractivity contribution in [1.82, 2.24) is 4.90 Å². The Morgan fingerprint density at radius 2 is 2.08 bits per heavy atom. The Morgan fingerprint density at radius 3 is 2.69 bits per heavy atom. The molecule has 2 heterocycles. The van der Waals surface area contributed by atoms with E-state index in [1.54, 1.807) is 7.11 Å². The second-order valence-corrected chi connectivity index (χ2v) is 8.43. The lowest BCUT2D eigenvalue weighted by Crippen LogP contribution is -2.53. The Kier molecular flexibility index (Phi) is 5.73. The van der Waals surface area contributed by atoms with Gasteiger partial charge < -0.3 is 19.3 Å². The average Bonchev–Trinajstić information content (AvgIpc) is 2.56. The highest BCUT2D eigenvalue weighted by Gasteiger charge is 2.41. The molecular formula is C20H30ClNO4. The number of hydrogen-bond acceptors (Lipinski definition) is 5. The molecule has 3 rings (SSSR count). The summed E-state index contributed by atoms with van der Waals surface area (Å²) in [6.07, 6.45) is 0.805. The van der Waals surface area contributed by atoms with Gasteiger partial charge in [-0.2, -0.15) is 0 Å². The first-order chi connectivity index (χ1) is 12.2. The summed E-state index contributed by atoms with van der Waals surface area (Å²) in [5.74, 6) is 1.27. The number of ether oxygens (including phenoxy) is 3. The maximum atomic E-state index is 10.7. The van der Waals surface area contributed by atoms with Crippen LogP contribution >= 0.6 is 11.6 Å².